The lowest BCUT2D eigenvalue weighted by atomic mass is 10.1. The van der Waals surface area contributed by atoms with E-state index in [4.69, 9.17) is 5.73 Å². The Morgan fingerprint density at radius 2 is 2.11 bits per heavy atom. The highest BCUT2D eigenvalue weighted by Crippen LogP contribution is 2.22. The second-order valence-corrected chi connectivity index (χ2v) is 5.32. The number of nitrogens with two attached hydrogens (primary N) is 1. The van der Waals surface area contributed by atoms with E-state index in [9.17, 15) is 4.79 Å². The fourth-order valence-electron chi connectivity index (χ4n) is 2.26. The molecule has 2 rings (SSSR count). The lowest BCUT2D eigenvalue weighted by Crippen LogP contribution is -2.45. The van der Waals surface area contributed by atoms with Crippen molar-refractivity contribution in [3.05, 3.63) is 28.7 Å². The van der Waals surface area contributed by atoms with Crippen molar-refractivity contribution in [1.82, 2.24) is 5.32 Å². The summed E-state index contributed by atoms with van der Waals surface area (Å²) in [6.07, 6.45) is 1.64. The number of rotatable bonds is 3. The Morgan fingerprint density at radius 3 is 2.78 bits per heavy atom. The Kier molecular flexibility index (Phi) is 4.60. The van der Waals surface area contributed by atoms with E-state index >= 15 is 0 Å². The van der Waals surface area contributed by atoms with E-state index in [2.05, 4.69) is 26.1 Å². The minimum Gasteiger partial charge on any atom is -0.359 e. The van der Waals surface area contributed by atoms with Crippen molar-refractivity contribution < 1.29 is 4.79 Å². The molecule has 1 unspecified atom stereocenters. The molecule has 0 spiro atoms. The van der Waals surface area contributed by atoms with Gasteiger partial charge in [0, 0.05) is 23.2 Å². The Balaban J connectivity index is 2.25. The van der Waals surface area contributed by atoms with Crippen LogP contribution < -0.4 is 16.0 Å². The number of carbonyl (C=O) groups is 1. The Hall–Kier alpha value is -1.07. The zero-order valence-electron chi connectivity index (χ0n) is 10.2. The van der Waals surface area contributed by atoms with Crippen LogP contribution in [0.2, 0.25) is 0 Å². The molecule has 18 heavy (non-hydrogen) atoms. The first-order valence-corrected chi connectivity index (χ1v) is 7.01. The van der Waals surface area contributed by atoms with Gasteiger partial charge in [0.05, 0.1) is 0 Å². The van der Waals surface area contributed by atoms with Crippen molar-refractivity contribution in [2.75, 3.05) is 24.5 Å². The second kappa shape index (κ2) is 6.20. The fraction of sp³-hybridized carbons (Fsp3) is 0.462. The molecule has 0 aromatic heterocycles. The standard InChI is InChI=1S/C13H18BrN3O/c14-10-2-4-11(5-3-10)17-9-1-8-16-13(18)12(17)6-7-15/h2-5,12H,1,6-9,15H2,(H,16,18). The molecule has 1 atom stereocenters. The Morgan fingerprint density at radius 1 is 1.39 bits per heavy atom. The lowest BCUT2D eigenvalue weighted by Gasteiger charge is -2.30. The first kappa shape index (κ1) is 13.4. The molecule has 0 radical (unpaired) electrons. The lowest BCUT2D eigenvalue weighted by molar-refractivity contribution is -0.122. The van der Waals surface area contributed by atoms with Crippen molar-refractivity contribution in [3.8, 4) is 0 Å². The zero-order chi connectivity index (χ0) is 13.0. The highest BCUT2D eigenvalue weighted by Gasteiger charge is 2.27. The number of amides is 1. The van der Waals surface area contributed by atoms with E-state index in [1.807, 2.05) is 24.3 Å². The summed E-state index contributed by atoms with van der Waals surface area (Å²) in [6.45, 7) is 2.14. The molecule has 1 aromatic carbocycles. The summed E-state index contributed by atoms with van der Waals surface area (Å²) < 4.78 is 1.04. The zero-order valence-corrected chi connectivity index (χ0v) is 11.8. The van der Waals surface area contributed by atoms with Crippen LogP contribution in [-0.2, 0) is 4.79 Å². The van der Waals surface area contributed by atoms with Gasteiger partial charge >= 0.3 is 0 Å². The van der Waals surface area contributed by atoms with Gasteiger partial charge < -0.3 is 16.0 Å². The predicted octanol–water partition coefficient (Wildman–Crippen LogP) is 1.49. The maximum atomic E-state index is 12.0. The first-order chi connectivity index (χ1) is 8.72. The van der Waals surface area contributed by atoms with Crippen LogP contribution in [0.1, 0.15) is 12.8 Å². The summed E-state index contributed by atoms with van der Waals surface area (Å²) >= 11 is 3.42. The van der Waals surface area contributed by atoms with Crippen LogP contribution in [0, 0.1) is 0 Å². The Bertz CT molecular complexity index is 407. The third-order valence-electron chi connectivity index (χ3n) is 3.15. The first-order valence-electron chi connectivity index (χ1n) is 6.22. The van der Waals surface area contributed by atoms with Gasteiger partial charge in [0.15, 0.2) is 0 Å². The number of halogens is 1. The molecule has 1 heterocycles. The van der Waals surface area contributed by atoms with Crippen LogP contribution in [0.15, 0.2) is 28.7 Å². The smallest absolute Gasteiger partial charge is 0.242 e. The Labute approximate surface area is 116 Å². The number of hydrogen-bond donors (Lipinski definition) is 2. The van der Waals surface area contributed by atoms with Gasteiger partial charge in [-0.25, -0.2) is 0 Å². The molecule has 0 saturated carbocycles. The summed E-state index contributed by atoms with van der Waals surface area (Å²) in [4.78, 5) is 14.2. The van der Waals surface area contributed by atoms with E-state index in [1.54, 1.807) is 0 Å². The van der Waals surface area contributed by atoms with E-state index in [-0.39, 0.29) is 11.9 Å². The van der Waals surface area contributed by atoms with Crippen molar-refractivity contribution >= 4 is 27.5 Å². The summed E-state index contributed by atoms with van der Waals surface area (Å²) in [5.41, 5.74) is 6.70. The van der Waals surface area contributed by atoms with Gasteiger partial charge in [0.25, 0.3) is 0 Å². The minimum absolute atomic E-state index is 0.0841. The molecule has 3 N–H and O–H groups in total. The molecule has 0 aliphatic carbocycles. The van der Waals surface area contributed by atoms with Crippen LogP contribution in [0.3, 0.4) is 0 Å². The van der Waals surface area contributed by atoms with Gasteiger partial charge in [-0.2, -0.15) is 0 Å². The average molecular weight is 312 g/mol. The van der Waals surface area contributed by atoms with E-state index in [0.717, 1.165) is 29.7 Å². The van der Waals surface area contributed by atoms with Crippen LogP contribution in [0.4, 0.5) is 5.69 Å². The molecule has 1 aliphatic heterocycles. The largest absolute Gasteiger partial charge is 0.359 e. The van der Waals surface area contributed by atoms with E-state index in [1.165, 1.54) is 0 Å². The minimum atomic E-state index is -0.154. The van der Waals surface area contributed by atoms with Gasteiger partial charge in [-0.3, -0.25) is 4.79 Å². The number of nitrogens with one attached hydrogen (secondary N) is 1. The number of benzene rings is 1. The molecule has 1 fully saturated rings. The van der Waals surface area contributed by atoms with Crippen molar-refractivity contribution in [1.29, 1.82) is 0 Å². The molecule has 5 heteroatoms. The van der Waals surface area contributed by atoms with Crippen molar-refractivity contribution in [3.63, 3.8) is 0 Å². The third-order valence-corrected chi connectivity index (χ3v) is 3.68. The van der Waals surface area contributed by atoms with Crippen LogP contribution >= 0.6 is 15.9 Å². The molecular formula is C13H18BrN3O. The summed E-state index contributed by atoms with van der Waals surface area (Å²) in [7, 11) is 0. The van der Waals surface area contributed by atoms with Crippen molar-refractivity contribution in [2.24, 2.45) is 5.73 Å². The van der Waals surface area contributed by atoms with Crippen LogP contribution in [0.5, 0.6) is 0 Å². The SMILES string of the molecule is NCCC1C(=O)NCCCN1c1ccc(Br)cc1. The number of carbonyl (C=O) groups excluding carboxylic acids is 1. The second-order valence-electron chi connectivity index (χ2n) is 4.41. The fourth-order valence-corrected chi connectivity index (χ4v) is 2.53. The third kappa shape index (κ3) is 3.03. The normalized spacial score (nSPS) is 20.4. The highest BCUT2D eigenvalue weighted by atomic mass is 79.9. The maximum absolute atomic E-state index is 12.0. The maximum Gasteiger partial charge on any atom is 0.242 e. The summed E-state index contributed by atoms with van der Waals surface area (Å²) in [5.74, 6) is 0.0841. The van der Waals surface area contributed by atoms with Gasteiger partial charge in [-0.1, -0.05) is 15.9 Å². The average Bonchev–Trinajstić information content (AvgIpc) is 2.54. The summed E-state index contributed by atoms with van der Waals surface area (Å²) in [6, 6.07) is 7.91. The van der Waals surface area contributed by atoms with Crippen LogP contribution in [0.25, 0.3) is 0 Å². The van der Waals surface area contributed by atoms with Gasteiger partial charge in [-0.15, -0.1) is 0 Å². The number of anilines is 1. The van der Waals surface area contributed by atoms with Gasteiger partial charge in [0.2, 0.25) is 5.91 Å². The summed E-state index contributed by atoms with van der Waals surface area (Å²) in [5, 5.41) is 2.95. The highest BCUT2D eigenvalue weighted by molar-refractivity contribution is 9.10. The molecule has 1 saturated heterocycles. The topological polar surface area (TPSA) is 58.4 Å². The van der Waals surface area contributed by atoms with Crippen LogP contribution in [-0.4, -0.2) is 31.6 Å². The monoisotopic (exact) mass is 311 g/mol. The molecule has 1 amide bonds. The molecule has 4 nitrogen and oxygen atoms in total. The molecule has 1 aromatic rings. The quantitative estimate of drug-likeness (QED) is 0.889. The van der Waals surface area contributed by atoms with Gasteiger partial charge in [0.1, 0.15) is 6.04 Å². The van der Waals surface area contributed by atoms with E-state index < -0.39 is 0 Å². The molecule has 98 valence electrons. The van der Waals surface area contributed by atoms with Crippen molar-refractivity contribution in [2.45, 2.75) is 18.9 Å². The predicted molar refractivity (Wildman–Crippen MR) is 76.6 cm³/mol. The number of hydrogen-bond acceptors (Lipinski definition) is 3. The number of nitrogens with zero attached hydrogens (tertiary/aromatic N) is 1. The molecular weight excluding hydrogens is 294 g/mol. The van der Waals surface area contributed by atoms with Gasteiger partial charge in [-0.05, 0) is 43.7 Å². The molecule has 1 aliphatic rings. The molecule has 0 bridgehead atoms. The van der Waals surface area contributed by atoms with E-state index in [0.29, 0.717) is 13.0 Å².